The third kappa shape index (κ3) is 3.59. The van der Waals surface area contributed by atoms with Crippen molar-refractivity contribution in [3.05, 3.63) is 56.1 Å². The highest BCUT2D eigenvalue weighted by Crippen LogP contribution is 2.06. The van der Waals surface area contributed by atoms with E-state index in [4.69, 9.17) is 0 Å². The molecule has 0 aliphatic rings. The fourth-order valence-electron chi connectivity index (χ4n) is 1.07. The first-order valence-electron chi connectivity index (χ1n) is 4.08. The topological polar surface area (TPSA) is 95.5 Å². The Morgan fingerprint density at radius 2 is 1.80 bits per heavy atom. The van der Waals surface area contributed by atoms with Gasteiger partial charge in [-0.1, -0.05) is 30.3 Å². The van der Waals surface area contributed by atoms with Crippen LogP contribution < -0.4 is 0 Å². The molecule has 0 heterocycles. The van der Waals surface area contributed by atoms with E-state index in [2.05, 4.69) is 4.84 Å². The summed E-state index contributed by atoms with van der Waals surface area (Å²) in [6.45, 7) is 0. The largest absolute Gasteiger partial charge is 0.358 e. The van der Waals surface area contributed by atoms with E-state index in [1.807, 2.05) is 0 Å². The van der Waals surface area contributed by atoms with E-state index in [1.54, 1.807) is 30.3 Å². The minimum absolute atomic E-state index is 0.130. The second-order valence-electron chi connectivity index (χ2n) is 2.76. The summed E-state index contributed by atoms with van der Waals surface area (Å²) in [5.41, 5.74) is 0.612. The Balaban J connectivity index is 2.67. The Hall–Kier alpha value is -2.18. The zero-order chi connectivity index (χ0) is 11.3. The van der Waals surface area contributed by atoms with Gasteiger partial charge in [0.1, 0.15) is 0 Å². The van der Waals surface area contributed by atoms with Gasteiger partial charge < -0.3 is 0 Å². The van der Waals surface area contributed by atoms with Crippen LogP contribution in [0.3, 0.4) is 0 Å². The molecule has 1 rings (SSSR count). The van der Waals surface area contributed by atoms with Crippen molar-refractivity contribution in [2.24, 2.45) is 0 Å². The highest BCUT2D eigenvalue weighted by Gasteiger charge is 2.24. The molecule has 0 bridgehead atoms. The van der Waals surface area contributed by atoms with Crippen molar-refractivity contribution in [3.63, 3.8) is 0 Å². The van der Waals surface area contributed by atoms with Gasteiger partial charge in [-0.15, -0.1) is 10.1 Å². The van der Waals surface area contributed by atoms with Crippen LogP contribution in [-0.2, 0) is 11.3 Å². The molecule has 1 aromatic carbocycles. The number of hydrogen-bond acceptors (Lipinski definition) is 5. The molecule has 1 atom stereocenters. The molecule has 15 heavy (non-hydrogen) atoms. The molecule has 0 radical (unpaired) electrons. The lowest BCUT2D eigenvalue weighted by Gasteiger charge is -2.06. The number of nitrogens with zero attached hydrogens (tertiary/aromatic N) is 2. The van der Waals surface area contributed by atoms with Crippen molar-refractivity contribution in [2.75, 3.05) is 0 Å². The molecular weight excluding hydrogens is 204 g/mol. The molecule has 0 aliphatic carbocycles. The van der Waals surface area contributed by atoms with Crippen LogP contribution in [0.4, 0.5) is 0 Å². The summed E-state index contributed by atoms with van der Waals surface area (Å²) in [5.74, 6) is 0. The smallest absolute Gasteiger partial charge is 0.262 e. The zero-order valence-corrected chi connectivity index (χ0v) is 7.61. The zero-order valence-electron chi connectivity index (χ0n) is 7.61. The normalized spacial score (nSPS) is 11.7. The maximum absolute atomic E-state index is 10.4. The molecule has 0 fully saturated rings. The average Bonchev–Trinajstić information content (AvgIpc) is 2.17. The molecule has 7 heteroatoms. The van der Waals surface area contributed by atoms with Gasteiger partial charge in [-0.25, -0.2) is 4.84 Å². The van der Waals surface area contributed by atoms with Crippen molar-refractivity contribution in [1.82, 2.24) is 0 Å². The molecule has 0 aliphatic heterocycles. The highest BCUT2D eigenvalue weighted by molar-refractivity contribution is 5.14. The van der Waals surface area contributed by atoms with E-state index < -0.39 is 16.2 Å². The maximum Gasteiger partial charge on any atom is 0.358 e. The van der Waals surface area contributed by atoms with Crippen molar-refractivity contribution < 1.29 is 14.8 Å². The molecule has 7 nitrogen and oxygen atoms in total. The van der Waals surface area contributed by atoms with Crippen LogP contribution in [-0.4, -0.2) is 16.2 Å². The highest BCUT2D eigenvalue weighted by atomic mass is 17.0. The first-order chi connectivity index (χ1) is 7.09. The summed E-state index contributed by atoms with van der Waals surface area (Å²) < 4.78 is 0. The number of nitro groups is 1. The van der Waals surface area contributed by atoms with E-state index in [1.165, 1.54) is 0 Å². The number of hydrogen-bond donors (Lipinski definition) is 0. The third-order valence-electron chi connectivity index (χ3n) is 1.70. The fraction of sp³-hybridized carbons (Fsp3) is 0.250. The van der Waals surface area contributed by atoms with Gasteiger partial charge in [-0.05, 0) is 5.56 Å². The van der Waals surface area contributed by atoms with Gasteiger partial charge in [0.25, 0.3) is 0 Å². The standard InChI is InChI=1S/C8H8N2O5/c11-9(12)8(15-10(13)14)6-7-4-2-1-3-5-7/h1-5,8H,6H2. The summed E-state index contributed by atoms with van der Waals surface area (Å²) in [6.07, 6.45) is -1.78. The van der Waals surface area contributed by atoms with Gasteiger partial charge in [-0.3, -0.25) is 10.1 Å². The Bertz CT molecular complexity index is 353. The molecule has 0 saturated carbocycles. The lowest BCUT2D eigenvalue weighted by molar-refractivity contribution is -0.825. The summed E-state index contributed by atoms with van der Waals surface area (Å²) in [4.78, 5) is 23.5. The predicted molar refractivity (Wildman–Crippen MR) is 49.0 cm³/mol. The molecule has 0 N–H and O–H groups in total. The van der Waals surface area contributed by atoms with E-state index in [-0.39, 0.29) is 6.42 Å². The lowest BCUT2D eigenvalue weighted by atomic mass is 10.1. The fourth-order valence-corrected chi connectivity index (χ4v) is 1.07. The minimum atomic E-state index is -1.65. The number of benzene rings is 1. The van der Waals surface area contributed by atoms with E-state index in [9.17, 15) is 20.2 Å². The average molecular weight is 212 g/mol. The number of rotatable bonds is 5. The maximum atomic E-state index is 10.4. The van der Waals surface area contributed by atoms with Gasteiger partial charge in [0.2, 0.25) is 0 Å². The van der Waals surface area contributed by atoms with Crippen LogP contribution >= 0.6 is 0 Å². The minimum Gasteiger partial charge on any atom is -0.262 e. The first kappa shape index (κ1) is 10.9. The van der Waals surface area contributed by atoms with Crippen molar-refractivity contribution in [1.29, 1.82) is 0 Å². The summed E-state index contributed by atoms with van der Waals surface area (Å²) >= 11 is 0. The SMILES string of the molecule is O=[N+]([O-])OC(Cc1ccccc1)[N+](=O)[O-]. The van der Waals surface area contributed by atoms with Crippen molar-refractivity contribution in [3.8, 4) is 0 Å². The van der Waals surface area contributed by atoms with Gasteiger partial charge >= 0.3 is 11.3 Å². The summed E-state index contributed by atoms with van der Waals surface area (Å²) in [6, 6.07) is 8.41. The molecule has 0 aromatic heterocycles. The van der Waals surface area contributed by atoms with Crippen molar-refractivity contribution >= 4 is 0 Å². The quantitative estimate of drug-likeness (QED) is 0.412. The molecule has 1 unspecified atom stereocenters. The Morgan fingerprint density at radius 1 is 1.20 bits per heavy atom. The van der Waals surface area contributed by atoms with Gasteiger partial charge in [0, 0.05) is 0 Å². The molecule has 0 spiro atoms. The van der Waals surface area contributed by atoms with Gasteiger partial charge in [0.15, 0.2) is 0 Å². The lowest BCUT2D eigenvalue weighted by Crippen LogP contribution is -2.28. The van der Waals surface area contributed by atoms with Crippen LogP contribution in [0.5, 0.6) is 0 Å². The second kappa shape index (κ2) is 4.89. The first-order valence-corrected chi connectivity index (χ1v) is 4.08. The molecule has 80 valence electrons. The summed E-state index contributed by atoms with van der Waals surface area (Å²) in [7, 11) is 0. The van der Waals surface area contributed by atoms with E-state index in [0.717, 1.165) is 0 Å². The van der Waals surface area contributed by atoms with Gasteiger partial charge in [-0.2, -0.15) is 0 Å². The van der Waals surface area contributed by atoms with E-state index >= 15 is 0 Å². The molecule has 1 aromatic rings. The van der Waals surface area contributed by atoms with Crippen LogP contribution in [0.25, 0.3) is 0 Å². The molecule has 0 saturated heterocycles. The van der Waals surface area contributed by atoms with Crippen LogP contribution in [0.1, 0.15) is 5.56 Å². The predicted octanol–water partition coefficient (Wildman–Crippen LogP) is 1.04. The monoisotopic (exact) mass is 212 g/mol. The van der Waals surface area contributed by atoms with E-state index in [0.29, 0.717) is 5.56 Å². The Morgan fingerprint density at radius 3 is 2.27 bits per heavy atom. The van der Waals surface area contributed by atoms with Gasteiger partial charge in [0.05, 0.1) is 11.3 Å². The second-order valence-corrected chi connectivity index (χ2v) is 2.76. The Labute approximate surface area is 84.5 Å². The summed E-state index contributed by atoms with van der Waals surface area (Å²) in [5, 5.41) is 19.2. The molecule has 0 amide bonds. The van der Waals surface area contributed by atoms with Crippen LogP contribution in [0.15, 0.2) is 30.3 Å². The van der Waals surface area contributed by atoms with Crippen LogP contribution in [0.2, 0.25) is 0 Å². The Kier molecular flexibility index (Phi) is 3.55. The molecular formula is C8H8N2O5. The third-order valence-corrected chi connectivity index (χ3v) is 1.70. The van der Waals surface area contributed by atoms with Crippen molar-refractivity contribution in [2.45, 2.75) is 12.6 Å². The van der Waals surface area contributed by atoms with Crippen LogP contribution in [0, 0.1) is 20.2 Å².